The van der Waals surface area contributed by atoms with E-state index in [0.717, 1.165) is 28.3 Å². The maximum absolute atomic E-state index is 12.3. The maximum atomic E-state index is 12.3. The molecule has 0 atom stereocenters. The van der Waals surface area contributed by atoms with Gasteiger partial charge in [-0.2, -0.15) is 10.2 Å². The third kappa shape index (κ3) is 3.96. The summed E-state index contributed by atoms with van der Waals surface area (Å²) in [5, 5.41) is 11.7. The van der Waals surface area contributed by atoms with Crippen LogP contribution in [0, 0.1) is 20.8 Å². The molecule has 3 rings (SSSR count). The van der Waals surface area contributed by atoms with Crippen molar-refractivity contribution in [3.05, 3.63) is 70.3 Å². The molecular formula is C19H23N5O. The topological polar surface area (TPSA) is 64.7 Å². The van der Waals surface area contributed by atoms with Gasteiger partial charge in [0.15, 0.2) is 0 Å². The molecule has 6 nitrogen and oxygen atoms in total. The molecule has 130 valence electrons. The number of hydrogen-bond acceptors (Lipinski definition) is 3. The summed E-state index contributed by atoms with van der Waals surface area (Å²) in [6.07, 6.45) is 0. The van der Waals surface area contributed by atoms with Gasteiger partial charge in [0.2, 0.25) is 0 Å². The number of aryl methyl sites for hydroxylation is 4. The Morgan fingerprint density at radius 2 is 1.72 bits per heavy atom. The lowest BCUT2D eigenvalue weighted by molar-refractivity contribution is 0.0950. The second-order valence-corrected chi connectivity index (χ2v) is 6.37. The molecule has 3 aromatic rings. The van der Waals surface area contributed by atoms with Crippen LogP contribution in [0.15, 0.2) is 36.4 Å². The van der Waals surface area contributed by atoms with Crippen LogP contribution >= 0.6 is 0 Å². The third-order valence-electron chi connectivity index (χ3n) is 4.18. The lowest BCUT2D eigenvalue weighted by Gasteiger charge is -2.08. The van der Waals surface area contributed by atoms with Gasteiger partial charge in [-0.1, -0.05) is 12.1 Å². The molecule has 0 unspecified atom stereocenters. The summed E-state index contributed by atoms with van der Waals surface area (Å²) in [6.45, 7) is 7.13. The molecule has 25 heavy (non-hydrogen) atoms. The van der Waals surface area contributed by atoms with Crippen LogP contribution in [0.25, 0.3) is 0 Å². The maximum Gasteiger partial charge on any atom is 0.251 e. The highest BCUT2D eigenvalue weighted by Gasteiger charge is 2.08. The monoisotopic (exact) mass is 337 g/mol. The third-order valence-corrected chi connectivity index (χ3v) is 4.18. The van der Waals surface area contributed by atoms with Gasteiger partial charge >= 0.3 is 0 Å². The Balaban J connectivity index is 1.62. The molecule has 0 aliphatic rings. The average molecular weight is 337 g/mol. The van der Waals surface area contributed by atoms with Crippen molar-refractivity contribution in [3.63, 3.8) is 0 Å². The second-order valence-electron chi connectivity index (χ2n) is 6.37. The summed E-state index contributed by atoms with van der Waals surface area (Å²) < 4.78 is 3.75. The SMILES string of the molecule is Cc1cc(CNC(=O)c2ccc(Cn3nc(C)cc3C)cc2)n(C)n1. The molecule has 1 amide bonds. The first kappa shape index (κ1) is 17.0. The van der Waals surface area contributed by atoms with Gasteiger partial charge in [-0.05, 0) is 50.6 Å². The molecule has 0 aliphatic heterocycles. The van der Waals surface area contributed by atoms with Crippen LogP contribution in [-0.2, 0) is 20.1 Å². The molecule has 2 heterocycles. The predicted octanol–water partition coefficient (Wildman–Crippen LogP) is 2.52. The summed E-state index contributed by atoms with van der Waals surface area (Å²) in [5.41, 5.74) is 5.83. The van der Waals surface area contributed by atoms with Gasteiger partial charge in [0, 0.05) is 18.3 Å². The van der Waals surface area contributed by atoms with E-state index < -0.39 is 0 Å². The van der Waals surface area contributed by atoms with E-state index in [1.807, 2.05) is 62.8 Å². The molecule has 0 spiro atoms. The molecule has 1 N–H and O–H groups in total. The molecule has 0 aliphatic carbocycles. The number of hydrogen-bond donors (Lipinski definition) is 1. The molecule has 0 bridgehead atoms. The van der Waals surface area contributed by atoms with Crippen LogP contribution in [-0.4, -0.2) is 25.5 Å². The van der Waals surface area contributed by atoms with Crippen LogP contribution < -0.4 is 5.32 Å². The summed E-state index contributed by atoms with van der Waals surface area (Å²) in [5.74, 6) is -0.0866. The van der Waals surface area contributed by atoms with Gasteiger partial charge in [-0.3, -0.25) is 14.2 Å². The Hall–Kier alpha value is -2.89. The highest BCUT2D eigenvalue weighted by Crippen LogP contribution is 2.10. The van der Waals surface area contributed by atoms with Gasteiger partial charge in [-0.25, -0.2) is 0 Å². The smallest absolute Gasteiger partial charge is 0.251 e. The molecule has 0 saturated carbocycles. The van der Waals surface area contributed by atoms with Gasteiger partial charge in [-0.15, -0.1) is 0 Å². The Labute approximate surface area is 147 Å². The minimum Gasteiger partial charge on any atom is -0.346 e. The quantitative estimate of drug-likeness (QED) is 0.778. The zero-order valence-electron chi connectivity index (χ0n) is 15.1. The first-order chi connectivity index (χ1) is 11.9. The van der Waals surface area contributed by atoms with Crippen molar-refractivity contribution < 1.29 is 4.79 Å². The van der Waals surface area contributed by atoms with E-state index >= 15 is 0 Å². The minimum absolute atomic E-state index is 0.0866. The van der Waals surface area contributed by atoms with E-state index in [4.69, 9.17) is 0 Å². The van der Waals surface area contributed by atoms with Crippen molar-refractivity contribution in [3.8, 4) is 0 Å². The van der Waals surface area contributed by atoms with Crippen molar-refractivity contribution in [2.24, 2.45) is 7.05 Å². The number of carbonyl (C=O) groups excluding carboxylic acids is 1. The highest BCUT2D eigenvalue weighted by atomic mass is 16.1. The lowest BCUT2D eigenvalue weighted by Crippen LogP contribution is -2.24. The summed E-state index contributed by atoms with van der Waals surface area (Å²) in [7, 11) is 1.88. The summed E-state index contributed by atoms with van der Waals surface area (Å²) >= 11 is 0. The van der Waals surface area contributed by atoms with Crippen LogP contribution in [0.4, 0.5) is 0 Å². The second kappa shape index (κ2) is 6.93. The number of rotatable bonds is 5. The number of nitrogens with one attached hydrogen (secondary N) is 1. The summed E-state index contributed by atoms with van der Waals surface area (Å²) in [6, 6.07) is 11.7. The number of benzene rings is 1. The Morgan fingerprint density at radius 3 is 2.28 bits per heavy atom. The fraction of sp³-hybridized carbons (Fsp3) is 0.316. The van der Waals surface area contributed by atoms with E-state index in [9.17, 15) is 4.79 Å². The fourth-order valence-electron chi connectivity index (χ4n) is 2.87. The number of carbonyl (C=O) groups is 1. The van der Waals surface area contributed by atoms with E-state index in [0.29, 0.717) is 18.7 Å². The van der Waals surface area contributed by atoms with E-state index in [1.54, 1.807) is 4.68 Å². The Morgan fingerprint density at radius 1 is 1.04 bits per heavy atom. The van der Waals surface area contributed by atoms with Crippen molar-refractivity contribution in [2.75, 3.05) is 0 Å². The van der Waals surface area contributed by atoms with E-state index in [2.05, 4.69) is 21.6 Å². The zero-order chi connectivity index (χ0) is 18.0. The normalized spacial score (nSPS) is 10.9. The largest absolute Gasteiger partial charge is 0.346 e. The van der Waals surface area contributed by atoms with Crippen LogP contribution in [0.3, 0.4) is 0 Å². The van der Waals surface area contributed by atoms with Crippen LogP contribution in [0.2, 0.25) is 0 Å². The molecule has 0 radical (unpaired) electrons. The predicted molar refractivity (Wildman–Crippen MR) is 96.4 cm³/mol. The van der Waals surface area contributed by atoms with Crippen molar-refractivity contribution >= 4 is 5.91 Å². The van der Waals surface area contributed by atoms with Gasteiger partial charge in [0.05, 0.1) is 30.2 Å². The molecule has 2 aromatic heterocycles. The number of nitrogens with zero attached hydrogens (tertiary/aromatic N) is 4. The van der Waals surface area contributed by atoms with Crippen LogP contribution in [0.5, 0.6) is 0 Å². The lowest BCUT2D eigenvalue weighted by atomic mass is 10.1. The van der Waals surface area contributed by atoms with E-state index in [-0.39, 0.29) is 5.91 Å². The fourth-order valence-corrected chi connectivity index (χ4v) is 2.87. The molecule has 0 saturated heterocycles. The van der Waals surface area contributed by atoms with E-state index in [1.165, 1.54) is 0 Å². The van der Waals surface area contributed by atoms with Gasteiger partial charge in [0.1, 0.15) is 0 Å². The zero-order valence-corrected chi connectivity index (χ0v) is 15.1. The van der Waals surface area contributed by atoms with Crippen molar-refractivity contribution in [2.45, 2.75) is 33.9 Å². The minimum atomic E-state index is -0.0866. The van der Waals surface area contributed by atoms with Crippen molar-refractivity contribution in [1.29, 1.82) is 0 Å². The summed E-state index contributed by atoms with van der Waals surface area (Å²) in [4.78, 5) is 12.3. The van der Waals surface area contributed by atoms with Gasteiger partial charge in [0.25, 0.3) is 5.91 Å². The molecular weight excluding hydrogens is 314 g/mol. The molecule has 1 aromatic carbocycles. The Kier molecular flexibility index (Phi) is 4.70. The molecule has 0 fully saturated rings. The average Bonchev–Trinajstić information content (AvgIpc) is 3.06. The standard InChI is InChI=1S/C19H23N5O/c1-13-9-15(3)24(22-13)12-16-5-7-17(8-6-16)19(25)20-11-18-10-14(2)21-23(18)4/h5-10H,11-12H2,1-4H3,(H,20,25). The first-order valence-corrected chi connectivity index (χ1v) is 8.30. The number of amides is 1. The van der Waals surface area contributed by atoms with Crippen LogP contribution in [0.1, 0.15) is 38.7 Å². The highest BCUT2D eigenvalue weighted by molar-refractivity contribution is 5.94. The first-order valence-electron chi connectivity index (χ1n) is 8.30. The Bertz CT molecular complexity index is 889. The number of aromatic nitrogens is 4. The van der Waals surface area contributed by atoms with Gasteiger partial charge < -0.3 is 5.32 Å². The van der Waals surface area contributed by atoms with Crippen molar-refractivity contribution in [1.82, 2.24) is 24.9 Å². The molecule has 6 heteroatoms.